The lowest BCUT2D eigenvalue weighted by Crippen LogP contribution is -2.43. The van der Waals surface area contributed by atoms with E-state index in [4.69, 9.17) is 9.15 Å². The van der Waals surface area contributed by atoms with Gasteiger partial charge in [-0.3, -0.25) is 9.69 Å². The van der Waals surface area contributed by atoms with Crippen molar-refractivity contribution >= 4 is 17.2 Å². The first-order valence-electron chi connectivity index (χ1n) is 7.88. The third-order valence-corrected chi connectivity index (χ3v) is 4.75. The van der Waals surface area contributed by atoms with Gasteiger partial charge in [0.2, 0.25) is 5.91 Å². The number of ether oxygens (including phenoxy) is 1. The van der Waals surface area contributed by atoms with E-state index < -0.39 is 0 Å². The summed E-state index contributed by atoms with van der Waals surface area (Å²) in [4.78, 5) is 14.5. The summed E-state index contributed by atoms with van der Waals surface area (Å²) in [7, 11) is 0. The number of nitrogens with zero attached hydrogens (tertiary/aromatic N) is 1. The van der Waals surface area contributed by atoms with E-state index in [1.165, 1.54) is 0 Å². The Kier molecular flexibility index (Phi) is 5.48. The summed E-state index contributed by atoms with van der Waals surface area (Å²) >= 11 is 1.61. The number of amides is 1. The van der Waals surface area contributed by atoms with Crippen molar-refractivity contribution in [1.29, 1.82) is 0 Å². The largest absolute Gasteiger partial charge is 0.465 e. The van der Waals surface area contributed by atoms with Crippen LogP contribution in [-0.2, 0) is 16.0 Å². The highest BCUT2D eigenvalue weighted by Crippen LogP contribution is 2.23. The van der Waals surface area contributed by atoms with E-state index in [1.54, 1.807) is 11.3 Å². The molecule has 1 aliphatic rings. The van der Waals surface area contributed by atoms with E-state index in [9.17, 15) is 4.79 Å². The smallest absolute Gasteiger partial charge is 0.224 e. The van der Waals surface area contributed by atoms with Crippen molar-refractivity contribution in [1.82, 2.24) is 10.2 Å². The number of carbonyl (C=O) groups is 1. The zero-order chi connectivity index (χ0) is 16.1. The Hall–Kier alpha value is -1.63. The Bertz CT molecular complexity index is 618. The molecule has 3 rings (SSSR count). The first kappa shape index (κ1) is 16.2. The number of morpholine rings is 1. The number of rotatable bonds is 6. The predicted octanol–water partition coefficient (Wildman–Crippen LogP) is 2.38. The molecule has 23 heavy (non-hydrogen) atoms. The maximum absolute atomic E-state index is 12.2. The molecule has 0 unspecified atom stereocenters. The minimum absolute atomic E-state index is 0.0462. The van der Waals surface area contributed by atoms with Gasteiger partial charge in [-0.1, -0.05) is 0 Å². The molecule has 0 aliphatic carbocycles. The Balaban J connectivity index is 1.62. The summed E-state index contributed by atoms with van der Waals surface area (Å²) in [5, 5.41) is 7.05. The molecule has 1 fully saturated rings. The average Bonchev–Trinajstić information content (AvgIpc) is 3.21. The Morgan fingerprint density at radius 3 is 2.83 bits per heavy atom. The second-order valence-corrected chi connectivity index (χ2v) is 6.51. The van der Waals surface area contributed by atoms with Crippen molar-refractivity contribution in [3.8, 4) is 0 Å². The summed E-state index contributed by atoms with van der Waals surface area (Å²) in [6.45, 7) is 5.64. The molecule has 1 N–H and O–H groups in total. The van der Waals surface area contributed by atoms with E-state index in [0.717, 1.165) is 43.4 Å². The van der Waals surface area contributed by atoms with Gasteiger partial charge in [-0.25, -0.2) is 0 Å². The fraction of sp³-hybridized carbons (Fsp3) is 0.471. The van der Waals surface area contributed by atoms with E-state index in [0.29, 0.717) is 13.0 Å². The number of aryl methyl sites for hydroxylation is 1. The Labute approximate surface area is 140 Å². The van der Waals surface area contributed by atoms with Crippen LogP contribution in [0.15, 0.2) is 33.4 Å². The SMILES string of the molecule is Cc1ccc([C@@H](CNC(=O)Cc2ccsc2)N2CCOCC2)o1. The molecular formula is C17H22N2O3S. The molecule has 3 heterocycles. The standard InChI is InChI=1S/C17H22N2O3S/c1-13-2-3-16(22-13)15(19-5-7-21-8-6-19)11-18-17(20)10-14-4-9-23-12-14/h2-4,9,12,15H,5-8,10-11H2,1H3,(H,18,20)/t15-/m1/s1. The molecule has 2 aromatic heterocycles. The summed E-state index contributed by atoms with van der Waals surface area (Å²) in [5.41, 5.74) is 1.06. The fourth-order valence-electron chi connectivity index (χ4n) is 2.78. The average molecular weight is 334 g/mol. The molecule has 0 spiro atoms. The molecule has 2 aromatic rings. The highest BCUT2D eigenvalue weighted by Gasteiger charge is 2.25. The van der Waals surface area contributed by atoms with Crippen molar-refractivity contribution in [3.05, 3.63) is 46.0 Å². The fourth-order valence-corrected chi connectivity index (χ4v) is 3.45. The van der Waals surface area contributed by atoms with Gasteiger partial charge < -0.3 is 14.5 Å². The van der Waals surface area contributed by atoms with E-state index >= 15 is 0 Å². The number of nitrogens with one attached hydrogen (secondary N) is 1. The van der Waals surface area contributed by atoms with Crippen molar-refractivity contribution in [2.45, 2.75) is 19.4 Å². The third-order valence-electron chi connectivity index (χ3n) is 4.01. The van der Waals surface area contributed by atoms with Gasteiger partial charge in [0, 0.05) is 19.6 Å². The zero-order valence-corrected chi connectivity index (χ0v) is 14.1. The van der Waals surface area contributed by atoms with Gasteiger partial charge >= 0.3 is 0 Å². The molecule has 5 nitrogen and oxygen atoms in total. The maximum atomic E-state index is 12.2. The van der Waals surface area contributed by atoms with Crippen LogP contribution in [0, 0.1) is 6.92 Å². The monoisotopic (exact) mass is 334 g/mol. The van der Waals surface area contributed by atoms with Gasteiger partial charge in [0.15, 0.2) is 0 Å². The van der Waals surface area contributed by atoms with E-state index in [-0.39, 0.29) is 11.9 Å². The lowest BCUT2D eigenvalue weighted by atomic mass is 10.1. The first-order chi connectivity index (χ1) is 11.2. The van der Waals surface area contributed by atoms with Gasteiger partial charge in [-0.15, -0.1) is 0 Å². The molecule has 0 aromatic carbocycles. The van der Waals surface area contributed by atoms with Gasteiger partial charge in [0.05, 0.1) is 25.7 Å². The van der Waals surface area contributed by atoms with Crippen LogP contribution in [-0.4, -0.2) is 43.7 Å². The maximum Gasteiger partial charge on any atom is 0.224 e. The van der Waals surface area contributed by atoms with Crippen LogP contribution >= 0.6 is 11.3 Å². The van der Waals surface area contributed by atoms with Crippen LogP contribution in [0.4, 0.5) is 0 Å². The van der Waals surface area contributed by atoms with Gasteiger partial charge in [0.25, 0.3) is 0 Å². The topological polar surface area (TPSA) is 54.7 Å². The highest BCUT2D eigenvalue weighted by molar-refractivity contribution is 7.07. The number of hydrogen-bond acceptors (Lipinski definition) is 5. The molecule has 1 atom stereocenters. The summed E-state index contributed by atoms with van der Waals surface area (Å²) in [6.07, 6.45) is 0.427. The number of hydrogen-bond donors (Lipinski definition) is 1. The molecule has 1 saturated heterocycles. The lowest BCUT2D eigenvalue weighted by Gasteiger charge is -2.33. The van der Waals surface area contributed by atoms with Crippen LogP contribution in [0.1, 0.15) is 23.1 Å². The zero-order valence-electron chi connectivity index (χ0n) is 13.3. The van der Waals surface area contributed by atoms with Gasteiger partial charge in [-0.2, -0.15) is 11.3 Å². The van der Waals surface area contributed by atoms with Crippen LogP contribution in [0.3, 0.4) is 0 Å². The molecule has 6 heteroatoms. The van der Waals surface area contributed by atoms with Crippen LogP contribution < -0.4 is 5.32 Å². The number of furan rings is 1. The molecule has 1 aliphatic heterocycles. The molecule has 1 amide bonds. The molecule has 0 bridgehead atoms. The van der Waals surface area contributed by atoms with Crippen molar-refractivity contribution < 1.29 is 13.9 Å². The summed E-state index contributed by atoms with van der Waals surface area (Å²) in [6, 6.07) is 6.01. The number of thiophene rings is 1. The Morgan fingerprint density at radius 2 is 2.17 bits per heavy atom. The van der Waals surface area contributed by atoms with Crippen molar-refractivity contribution in [2.24, 2.45) is 0 Å². The minimum Gasteiger partial charge on any atom is -0.465 e. The quantitative estimate of drug-likeness (QED) is 0.881. The molecule has 124 valence electrons. The second kappa shape index (κ2) is 7.77. The second-order valence-electron chi connectivity index (χ2n) is 5.73. The van der Waals surface area contributed by atoms with Crippen molar-refractivity contribution in [3.63, 3.8) is 0 Å². The predicted molar refractivity (Wildman–Crippen MR) is 89.6 cm³/mol. The van der Waals surface area contributed by atoms with E-state index in [1.807, 2.05) is 35.9 Å². The van der Waals surface area contributed by atoms with Crippen LogP contribution in [0.2, 0.25) is 0 Å². The first-order valence-corrected chi connectivity index (χ1v) is 8.82. The number of carbonyl (C=O) groups excluding carboxylic acids is 1. The highest BCUT2D eigenvalue weighted by atomic mass is 32.1. The third kappa shape index (κ3) is 4.43. The van der Waals surface area contributed by atoms with Crippen LogP contribution in [0.5, 0.6) is 0 Å². The Morgan fingerprint density at radius 1 is 1.35 bits per heavy atom. The molecular weight excluding hydrogens is 312 g/mol. The summed E-state index contributed by atoms with van der Waals surface area (Å²) < 4.78 is 11.2. The molecule has 0 saturated carbocycles. The van der Waals surface area contributed by atoms with Crippen LogP contribution in [0.25, 0.3) is 0 Å². The normalized spacial score (nSPS) is 17.1. The van der Waals surface area contributed by atoms with Gasteiger partial charge in [0.1, 0.15) is 11.5 Å². The van der Waals surface area contributed by atoms with Crippen molar-refractivity contribution in [2.75, 3.05) is 32.8 Å². The molecule has 0 radical (unpaired) electrons. The summed E-state index contributed by atoms with van der Waals surface area (Å²) in [5.74, 6) is 1.84. The lowest BCUT2D eigenvalue weighted by molar-refractivity contribution is -0.120. The van der Waals surface area contributed by atoms with E-state index in [2.05, 4.69) is 10.2 Å². The van der Waals surface area contributed by atoms with Gasteiger partial charge in [-0.05, 0) is 41.4 Å². The minimum atomic E-state index is 0.0462.